The number of hydrogen-bond acceptors (Lipinski definition) is 2. The van der Waals surface area contributed by atoms with E-state index < -0.39 is 10.2 Å². The standard InChI is InChI=1S/C5H10FO2S/c1-2-3-4-5-9(6,7)8/h1-5H2. The van der Waals surface area contributed by atoms with Crippen LogP contribution in [-0.4, -0.2) is 14.2 Å². The van der Waals surface area contributed by atoms with Crippen LogP contribution in [0.1, 0.15) is 19.3 Å². The molecule has 0 saturated heterocycles. The van der Waals surface area contributed by atoms with Crippen LogP contribution >= 0.6 is 0 Å². The van der Waals surface area contributed by atoms with Crippen molar-refractivity contribution in [3.05, 3.63) is 6.92 Å². The van der Waals surface area contributed by atoms with E-state index in [2.05, 4.69) is 6.92 Å². The summed E-state index contributed by atoms with van der Waals surface area (Å²) in [4.78, 5) is 0. The molecule has 0 amide bonds. The molecule has 0 unspecified atom stereocenters. The van der Waals surface area contributed by atoms with Crippen LogP contribution in [0.15, 0.2) is 0 Å². The van der Waals surface area contributed by atoms with Gasteiger partial charge in [-0.3, -0.25) is 0 Å². The number of rotatable bonds is 4. The van der Waals surface area contributed by atoms with Gasteiger partial charge in [0.05, 0.1) is 5.75 Å². The predicted octanol–water partition coefficient (Wildman–Crippen LogP) is 1.29. The molecule has 4 heteroatoms. The molecule has 1 radical (unpaired) electrons. The van der Waals surface area contributed by atoms with E-state index in [0.717, 1.165) is 0 Å². The second-order valence-electron chi connectivity index (χ2n) is 1.80. The third kappa shape index (κ3) is 7.88. The molecule has 55 valence electrons. The fraction of sp³-hybridized carbons (Fsp3) is 0.800. The van der Waals surface area contributed by atoms with E-state index in [1.807, 2.05) is 0 Å². The molecule has 0 aromatic heterocycles. The van der Waals surface area contributed by atoms with Crippen molar-refractivity contribution in [2.75, 3.05) is 5.75 Å². The third-order valence-electron chi connectivity index (χ3n) is 0.888. The van der Waals surface area contributed by atoms with Gasteiger partial charge in [-0.2, -0.15) is 8.42 Å². The summed E-state index contributed by atoms with van der Waals surface area (Å²) in [6.07, 6.45) is 1.71. The fourth-order valence-electron chi connectivity index (χ4n) is 0.451. The van der Waals surface area contributed by atoms with Gasteiger partial charge in [-0.15, -0.1) is 3.89 Å². The Hall–Kier alpha value is -0.120. The van der Waals surface area contributed by atoms with Gasteiger partial charge < -0.3 is 0 Å². The highest BCUT2D eigenvalue weighted by molar-refractivity contribution is 7.86. The average molecular weight is 153 g/mol. The lowest BCUT2D eigenvalue weighted by Crippen LogP contribution is -1.97. The van der Waals surface area contributed by atoms with Crippen LogP contribution in [0.2, 0.25) is 0 Å². The van der Waals surface area contributed by atoms with Crippen LogP contribution in [0.4, 0.5) is 3.89 Å². The summed E-state index contributed by atoms with van der Waals surface area (Å²) in [6, 6.07) is 0. The predicted molar refractivity (Wildman–Crippen MR) is 34.1 cm³/mol. The summed E-state index contributed by atoms with van der Waals surface area (Å²) >= 11 is 0. The Morgan fingerprint density at radius 2 is 1.89 bits per heavy atom. The molecule has 0 aliphatic rings. The Labute approximate surface area is 55.3 Å². The molecule has 0 atom stereocenters. The molecule has 0 aliphatic carbocycles. The molecule has 0 aliphatic heterocycles. The Morgan fingerprint density at radius 1 is 1.33 bits per heavy atom. The van der Waals surface area contributed by atoms with E-state index in [4.69, 9.17) is 0 Å². The lowest BCUT2D eigenvalue weighted by atomic mass is 10.3. The van der Waals surface area contributed by atoms with Crippen molar-refractivity contribution in [2.45, 2.75) is 19.3 Å². The Bertz CT molecular complexity index is 150. The zero-order valence-electron chi connectivity index (χ0n) is 5.14. The van der Waals surface area contributed by atoms with Gasteiger partial charge in [0.1, 0.15) is 0 Å². The summed E-state index contributed by atoms with van der Waals surface area (Å²) in [5.74, 6) is -0.359. The maximum absolute atomic E-state index is 11.7. The van der Waals surface area contributed by atoms with E-state index in [0.29, 0.717) is 19.3 Å². The zero-order valence-corrected chi connectivity index (χ0v) is 5.95. The topological polar surface area (TPSA) is 34.1 Å². The summed E-state index contributed by atoms with van der Waals surface area (Å²) in [7, 11) is -4.22. The van der Waals surface area contributed by atoms with Gasteiger partial charge in [-0.1, -0.05) is 19.8 Å². The van der Waals surface area contributed by atoms with Gasteiger partial charge in [0, 0.05) is 0 Å². The van der Waals surface area contributed by atoms with E-state index >= 15 is 0 Å². The van der Waals surface area contributed by atoms with Gasteiger partial charge in [-0.05, 0) is 6.42 Å². The summed E-state index contributed by atoms with van der Waals surface area (Å²) < 4.78 is 31.3. The first-order valence-corrected chi connectivity index (χ1v) is 4.33. The van der Waals surface area contributed by atoms with Gasteiger partial charge in [0.15, 0.2) is 0 Å². The minimum atomic E-state index is -4.22. The summed E-state index contributed by atoms with van der Waals surface area (Å²) in [5.41, 5.74) is 0. The molecule has 0 N–H and O–H groups in total. The van der Waals surface area contributed by atoms with Crippen molar-refractivity contribution >= 4 is 10.2 Å². The molecule has 0 saturated carbocycles. The van der Waals surface area contributed by atoms with Crippen molar-refractivity contribution in [3.63, 3.8) is 0 Å². The van der Waals surface area contributed by atoms with Crippen molar-refractivity contribution in [1.29, 1.82) is 0 Å². The minimum Gasteiger partial charge on any atom is -0.195 e. The molecule has 0 fully saturated rings. The van der Waals surface area contributed by atoms with Crippen LogP contribution in [0, 0.1) is 6.92 Å². The number of halogens is 1. The molecule has 2 nitrogen and oxygen atoms in total. The Balaban J connectivity index is 3.30. The first kappa shape index (κ1) is 8.88. The highest BCUT2D eigenvalue weighted by Crippen LogP contribution is 1.99. The van der Waals surface area contributed by atoms with Crippen molar-refractivity contribution in [3.8, 4) is 0 Å². The van der Waals surface area contributed by atoms with Crippen LogP contribution < -0.4 is 0 Å². The molecule has 0 rings (SSSR count). The van der Waals surface area contributed by atoms with Crippen LogP contribution in [-0.2, 0) is 10.2 Å². The first-order valence-electron chi connectivity index (χ1n) is 2.78. The quantitative estimate of drug-likeness (QED) is 0.450. The van der Waals surface area contributed by atoms with E-state index in [9.17, 15) is 12.3 Å². The van der Waals surface area contributed by atoms with Gasteiger partial charge >= 0.3 is 10.2 Å². The zero-order chi connectivity index (χ0) is 7.33. The highest BCUT2D eigenvalue weighted by atomic mass is 32.3. The Morgan fingerprint density at radius 3 is 2.22 bits per heavy atom. The van der Waals surface area contributed by atoms with Crippen molar-refractivity contribution in [2.24, 2.45) is 0 Å². The number of unbranched alkanes of at least 4 members (excludes halogenated alkanes) is 2. The van der Waals surface area contributed by atoms with Crippen LogP contribution in [0.3, 0.4) is 0 Å². The monoisotopic (exact) mass is 153 g/mol. The highest BCUT2D eigenvalue weighted by Gasteiger charge is 2.04. The molecular formula is C5H10FO2S. The maximum Gasteiger partial charge on any atom is 0.302 e. The lowest BCUT2D eigenvalue weighted by molar-refractivity contribution is 0.548. The van der Waals surface area contributed by atoms with Crippen molar-refractivity contribution < 1.29 is 12.3 Å². The van der Waals surface area contributed by atoms with Gasteiger partial charge in [-0.25, -0.2) is 0 Å². The first-order chi connectivity index (χ1) is 4.06. The SMILES string of the molecule is [CH2]CCCCS(=O)(=O)F. The molecule has 0 aromatic rings. The van der Waals surface area contributed by atoms with Crippen molar-refractivity contribution in [1.82, 2.24) is 0 Å². The molecular weight excluding hydrogens is 143 g/mol. The second-order valence-corrected chi connectivity index (χ2v) is 3.29. The molecule has 0 bridgehead atoms. The molecule has 9 heavy (non-hydrogen) atoms. The lowest BCUT2D eigenvalue weighted by Gasteiger charge is -1.90. The fourth-order valence-corrected chi connectivity index (χ4v) is 1.00. The third-order valence-corrected chi connectivity index (χ3v) is 1.66. The second kappa shape index (κ2) is 3.82. The largest absolute Gasteiger partial charge is 0.302 e. The van der Waals surface area contributed by atoms with Crippen LogP contribution in [0.25, 0.3) is 0 Å². The number of hydrogen-bond donors (Lipinski definition) is 0. The van der Waals surface area contributed by atoms with Gasteiger partial charge in [0.2, 0.25) is 0 Å². The van der Waals surface area contributed by atoms with Gasteiger partial charge in [0.25, 0.3) is 0 Å². The maximum atomic E-state index is 11.7. The van der Waals surface area contributed by atoms with Crippen LogP contribution in [0.5, 0.6) is 0 Å². The minimum absolute atomic E-state index is 0.359. The normalized spacial score (nSPS) is 11.8. The molecule has 0 heterocycles. The molecule has 0 spiro atoms. The summed E-state index contributed by atoms with van der Waals surface area (Å²) in [5, 5.41) is 0. The smallest absolute Gasteiger partial charge is 0.195 e. The average Bonchev–Trinajstić information content (AvgIpc) is 1.63. The van der Waals surface area contributed by atoms with E-state index in [-0.39, 0.29) is 5.75 Å². The Kier molecular flexibility index (Phi) is 3.77. The van der Waals surface area contributed by atoms with E-state index in [1.54, 1.807) is 0 Å². The molecule has 0 aromatic carbocycles. The van der Waals surface area contributed by atoms with E-state index in [1.165, 1.54) is 0 Å². The summed E-state index contributed by atoms with van der Waals surface area (Å²) in [6.45, 7) is 3.49.